The van der Waals surface area contributed by atoms with Crippen LogP contribution in [0.5, 0.6) is 0 Å². The summed E-state index contributed by atoms with van der Waals surface area (Å²) in [4.78, 5) is 12.3. The lowest BCUT2D eigenvalue weighted by Crippen LogP contribution is -2.52. The van der Waals surface area contributed by atoms with Gasteiger partial charge in [-0.1, -0.05) is 6.07 Å². The highest BCUT2D eigenvalue weighted by Crippen LogP contribution is 2.47. The highest BCUT2D eigenvalue weighted by atomic mass is 16.3. The normalized spacial score (nSPS) is 34.5. The molecule has 21 heavy (non-hydrogen) atoms. The number of carbonyl (C=O) groups excluding carboxylic acids is 1. The number of aliphatic hydroxyl groups excluding tert-OH is 2. The average Bonchev–Trinajstić information content (AvgIpc) is 2.99. The molecule has 7 heteroatoms. The van der Waals surface area contributed by atoms with E-state index >= 15 is 0 Å². The van der Waals surface area contributed by atoms with Gasteiger partial charge in [-0.3, -0.25) is 9.20 Å². The minimum atomic E-state index is -0.671. The Morgan fingerprint density at radius 1 is 1.24 bits per heavy atom. The highest BCUT2D eigenvalue weighted by molar-refractivity contribution is 5.91. The molecule has 0 radical (unpaired) electrons. The van der Waals surface area contributed by atoms with Crippen molar-refractivity contribution >= 4 is 11.6 Å². The molecule has 2 heterocycles. The fourth-order valence-electron chi connectivity index (χ4n) is 3.58. The number of aliphatic hydroxyl groups is 2. The summed E-state index contributed by atoms with van der Waals surface area (Å²) in [5.74, 6) is 0.236. The summed E-state index contributed by atoms with van der Waals surface area (Å²) in [6, 6.07) is 5.43. The lowest BCUT2D eigenvalue weighted by molar-refractivity contribution is -0.00463. The first-order valence-corrected chi connectivity index (χ1v) is 7.12. The summed E-state index contributed by atoms with van der Waals surface area (Å²) in [6.07, 6.45) is 1.66. The van der Waals surface area contributed by atoms with Crippen LogP contribution < -0.4 is 5.32 Å². The number of hydrogen-bond acceptors (Lipinski definition) is 5. The zero-order valence-corrected chi connectivity index (χ0v) is 11.3. The standard InChI is InChI=1S/C14H16N4O3/c19-10-6-7-8(12(10)20)5-9(7)15-14(21)13-17-16-11-3-1-2-4-18(11)13/h1-4,7-10,12,19-20H,5-6H2,(H,15,21)/t7-,8-,9+,10-,12+/m1/s1. The van der Waals surface area contributed by atoms with Crippen molar-refractivity contribution in [2.45, 2.75) is 31.1 Å². The van der Waals surface area contributed by atoms with Gasteiger partial charge in [0.1, 0.15) is 0 Å². The van der Waals surface area contributed by atoms with Gasteiger partial charge in [-0.2, -0.15) is 0 Å². The second-order valence-electron chi connectivity index (χ2n) is 5.89. The molecule has 2 aliphatic rings. The molecule has 5 atom stereocenters. The first kappa shape index (κ1) is 12.7. The maximum Gasteiger partial charge on any atom is 0.289 e. The van der Waals surface area contributed by atoms with E-state index in [1.165, 1.54) is 0 Å². The second-order valence-corrected chi connectivity index (χ2v) is 5.89. The Morgan fingerprint density at radius 3 is 2.90 bits per heavy atom. The summed E-state index contributed by atoms with van der Waals surface area (Å²) in [5, 5.41) is 30.3. The van der Waals surface area contributed by atoms with Crippen molar-refractivity contribution in [1.82, 2.24) is 19.9 Å². The van der Waals surface area contributed by atoms with Crippen molar-refractivity contribution in [2.24, 2.45) is 11.8 Å². The zero-order valence-electron chi connectivity index (χ0n) is 11.3. The van der Waals surface area contributed by atoms with Crippen molar-refractivity contribution in [3.05, 3.63) is 30.2 Å². The Kier molecular flexibility index (Phi) is 2.73. The number of nitrogens with one attached hydrogen (secondary N) is 1. The van der Waals surface area contributed by atoms with Gasteiger partial charge in [0.05, 0.1) is 12.2 Å². The summed E-state index contributed by atoms with van der Waals surface area (Å²) in [7, 11) is 0. The molecule has 0 unspecified atom stereocenters. The molecular formula is C14H16N4O3. The van der Waals surface area contributed by atoms with Crippen LogP contribution in [0.3, 0.4) is 0 Å². The predicted molar refractivity (Wildman–Crippen MR) is 72.5 cm³/mol. The molecule has 0 saturated heterocycles. The molecule has 2 aromatic heterocycles. The molecule has 0 bridgehead atoms. The first-order chi connectivity index (χ1) is 10.1. The molecular weight excluding hydrogens is 272 g/mol. The van der Waals surface area contributed by atoms with Crippen molar-refractivity contribution in [2.75, 3.05) is 0 Å². The molecule has 110 valence electrons. The summed E-state index contributed by atoms with van der Waals surface area (Å²) in [5.41, 5.74) is 0.626. The van der Waals surface area contributed by atoms with E-state index in [1.54, 1.807) is 16.7 Å². The van der Waals surface area contributed by atoms with E-state index < -0.39 is 12.2 Å². The van der Waals surface area contributed by atoms with Gasteiger partial charge >= 0.3 is 0 Å². The van der Waals surface area contributed by atoms with Gasteiger partial charge in [0, 0.05) is 12.2 Å². The van der Waals surface area contributed by atoms with E-state index in [0.717, 1.165) is 0 Å². The Balaban J connectivity index is 1.50. The third-order valence-corrected chi connectivity index (χ3v) is 4.77. The molecule has 7 nitrogen and oxygen atoms in total. The number of aromatic nitrogens is 3. The van der Waals surface area contributed by atoms with Crippen LogP contribution >= 0.6 is 0 Å². The molecule has 4 rings (SSSR count). The van der Waals surface area contributed by atoms with Crippen LogP contribution in [-0.4, -0.2) is 49.0 Å². The zero-order chi connectivity index (χ0) is 14.6. The molecule has 2 aromatic rings. The Morgan fingerprint density at radius 2 is 2.10 bits per heavy atom. The monoisotopic (exact) mass is 288 g/mol. The van der Waals surface area contributed by atoms with Crippen LogP contribution in [0.25, 0.3) is 5.65 Å². The van der Waals surface area contributed by atoms with E-state index in [9.17, 15) is 15.0 Å². The molecule has 0 spiro atoms. The minimum absolute atomic E-state index is 0.00892. The lowest BCUT2D eigenvalue weighted by Gasteiger charge is -2.41. The minimum Gasteiger partial charge on any atom is -0.390 e. The summed E-state index contributed by atoms with van der Waals surface area (Å²) < 4.78 is 1.64. The van der Waals surface area contributed by atoms with E-state index in [1.807, 2.05) is 12.1 Å². The maximum absolute atomic E-state index is 12.3. The molecule has 0 aromatic carbocycles. The summed E-state index contributed by atoms with van der Waals surface area (Å²) >= 11 is 0. The van der Waals surface area contributed by atoms with Gasteiger partial charge < -0.3 is 15.5 Å². The lowest BCUT2D eigenvalue weighted by atomic mass is 9.71. The predicted octanol–water partition coefficient (Wildman–Crippen LogP) is -0.411. The van der Waals surface area contributed by atoms with Crippen LogP contribution in [0, 0.1) is 11.8 Å². The summed E-state index contributed by atoms with van der Waals surface area (Å²) in [6.45, 7) is 0. The number of hydrogen-bond donors (Lipinski definition) is 3. The van der Waals surface area contributed by atoms with Gasteiger partial charge in [-0.05, 0) is 36.8 Å². The Labute approximate surface area is 120 Å². The second kappa shape index (κ2) is 4.51. The van der Waals surface area contributed by atoms with Crippen molar-refractivity contribution in [1.29, 1.82) is 0 Å². The molecule has 1 amide bonds. The van der Waals surface area contributed by atoms with Crippen molar-refractivity contribution in [3.63, 3.8) is 0 Å². The third kappa shape index (κ3) is 1.85. The molecule has 3 N–H and O–H groups in total. The molecule has 0 aliphatic heterocycles. The van der Waals surface area contributed by atoms with Crippen molar-refractivity contribution in [3.8, 4) is 0 Å². The number of rotatable bonds is 2. The SMILES string of the molecule is O=C(N[C@H]1C[C@H]2[C@H](O)[C@H](O)C[C@H]21)c1nnc2ccccn12. The molecule has 2 fully saturated rings. The van der Waals surface area contributed by atoms with Crippen LogP contribution in [0.15, 0.2) is 24.4 Å². The number of amides is 1. The first-order valence-electron chi connectivity index (χ1n) is 7.12. The van der Waals surface area contributed by atoms with Crippen LogP contribution in [0.1, 0.15) is 23.5 Å². The Bertz CT molecular complexity index is 700. The molecule has 2 aliphatic carbocycles. The fraction of sp³-hybridized carbons (Fsp3) is 0.500. The van der Waals surface area contributed by atoms with Gasteiger partial charge in [0.25, 0.3) is 5.91 Å². The molecule has 2 saturated carbocycles. The van der Waals surface area contributed by atoms with E-state index in [0.29, 0.717) is 18.5 Å². The van der Waals surface area contributed by atoms with Crippen LogP contribution in [0.2, 0.25) is 0 Å². The highest BCUT2D eigenvalue weighted by Gasteiger charge is 2.53. The topological polar surface area (TPSA) is 99.8 Å². The van der Waals surface area contributed by atoms with E-state index in [2.05, 4.69) is 15.5 Å². The van der Waals surface area contributed by atoms with Crippen LogP contribution in [0.4, 0.5) is 0 Å². The van der Waals surface area contributed by atoms with Gasteiger partial charge in [0.15, 0.2) is 5.65 Å². The average molecular weight is 288 g/mol. The number of pyridine rings is 1. The van der Waals surface area contributed by atoms with Crippen LogP contribution in [-0.2, 0) is 0 Å². The maximum atomic E-state index is 12.3. The van der Waals surface area contributed by atoms with E-state index in [4.69, 9.17) is 0 Å². The van der Waals surface area contributed by atoms with E-state index in [-0.39, 0.29) is 29.6 Å². The third-order valence-electron chi connectivity index (χ3n) is 4.77. The van der Waals surface area contributed by atoms with Gasteiger partial charge in [-0.25, -0.2) is 0 Å². The van der Waals surface area contributed by atoms with Gasteiger partial charge in [0.2, 0.25) is 5.82 Å². The number of nitrogens with zero attached hydrogens (tertiary/aromatic N) is 3. The van der Waals surface area contributed by atoms with Crippen molar-refractivity contribution < 1.29 is 15.0 Å². The largest absolute Gasteiger partial charge is 0.390 e. The number of fused-ring (bicyclic) bond motifs is 2. The smallest absolute Gasteiger partial charge is 0.289 e. The Hall–Kier alpha value is -1.99. The van der Waals surface area contributed by atoms with Gasteiger partial charge in [-0.15, -0.1) is 10.2 Å². The number of carbonyl (C=O) groups is 1. The quantitative estimate of drug-likeness (QED) is 0.697. The fourth-order valence-corrected chi connectivity index (χ4v) is 3.58.